The van der Waals surface area contributed by atoms with Gasteiger partial charge in [0.15, 0.2) is 11.6 Å². The fourth-order valence-electron chi connectivity index (χ4n) is 3.23. The van der Waals surface area contributed by atoms with E-state index in [4.69, 9.17) is 18.9 Å². The molecule has 0 unspecified atom stereocenters. The molecule has 0 saturated heterocycles. The molecule has 38 heavy (non-hydrogen) atoms. The van der Waals surface area contributed by atoms with Gasteiger partial charge in [0.25, 0.3) is 0 Å². The van der Waals surface area contributed by atoms with Crippen LogP contribution in [0.15, 0.2) is 97.1 Å². The van der Waals surface area contributed by atoms with Gasteiger partial charge in [0.1, 0.15) is 23.0 Å². The summed E-state index contributed by atoms with van der Waals surface area (Å²) in [7, 11) is 6.61. The van der Waals surface area contributed by atoms with Gasteiger partial charge in [0, 0.05) is 17.2 Å². The van der Waals surface area contributed by atoms with E-state index in [0.717, 1.165) is 23.0 Å². The first-order valence-corrected chi connectivity index (χ1v) is 11.9. The van der Waals surface area contributed by atoms with Crippen LogP contribution in [0.3, 0.4) is 0 Å². The van der Waals surface area contributed by atoms with E-state index >= 15 is 0 Å². The summed E-state index contributed by atoms with van der Waals surface area (Å²) in [5, 5.41) is 0. The van der Waals surface area contributed by atoms with E-state index in [9.17, 15) is 9.59 Å². The number of hydrogen-bond donors (Lipinski definition) is 0. The predicted molar refractivity (Wildman–Crippen MR) is 151 cm³/mol. The SMILES string of the molecule is CC(=O)c1ccc(C(C)=O)cc1.COc1ccc(-c2ccc(OC)cc2)cc1.COc1cccc(OC)c1. The molecule has 0 aliphatic carbocycles. The van der Waals surface area contributed by atoms with Crippen molar-refractivity contribution in [2.24, 2.45) is 0 Å². The molecule has 4 aromatic carbocycles. The third kappa shape index (κ3) is 9.47. The van der Waals surface area contributed by atoms with Crippen molar-refractivity contribution in [2.45, 2.75) is 13.8 Å². The average Bonchev–Trinajstić information content (AvgIpc) is 2.98. The van der Waals surface area contributed by atoms with Gasteiger partial charge in [-0.3, -0.25) is 9.59 Å². The number of carbonyl (C=O) groups is 2. The molecule has 6 nitrogen and oxygen atoms in total. The van der Waals surface area contributed by atoms with Crippen molar-refractivity contribution < 1.29 is 28.5 Å². The van der Waals surface area contributed by atoms with Crippen molar-refractivity contribution >= 4 is 11.6 Å². The number of hydrogen-bond acceptors (Lipinski definition) is 6. The molecule has 4 rings (SSSR count). The Morgan fingerprint density at radius 2 is 0.763 bits per heavy atom. The first-order chi connectivity index (χ1) is 18.3. The smallest absolute Gasteiger partial charge is 0.159 e. The summed E-state index contributed by atoms with van der Waals surface area (Å²) in [6.07, 6.45) is 0. The van der Waals surface area contributed by atoms with Crippen molar-refractivity contribution in [1.29, 1.82) is 0 Å². The molecule has 0 radical (unpaired) electrons. The summed E-state index contributed by atoms with van der Waals surface area (Å²) in [5.41, 5.74) is 3.62. The largest absolute Gasteiger partial charge is 0.497 e. The first kappa shape index (κ1) is 29.6. The fraction of sp³-hybridized carbons (Fsp3) is 0.188. The van der Waals surface area contributed by atoms with E-state index in [0.29, 0.717) is 11.1 Å². The third-order valence-electron chi connectivity index (χ3n) is 5.49. The summed E-state index contributed by atoms with van der Waals surface area (Å²) in [6, 6.07) is 30.1. The van der Waals surface area contributed by atoms with E-state index in [1.165, 1.54) is 25.0 Å². The minimum atomic E-state index is 0.0186. The lowest BCUT2D eigenvalue weighted by molar-refractivity contribution is 0.100. The van der Waals surface area contributed by atoms with E-state index in [1.54, 1.807) is 52.7 Å². The number of methoxy groups -OCH3 is 4. The minimum absolute atomic E-state index is 0.0186. The Kier molecular flexibility index (Phi) is 12.1. The van der Waals surface area contributed by atoms with Crippen molar-refractivity contribution in [3.8, 4) is 34.1 Å². The quantitative estimate of drug-likeness (QED) is 0.244. The zero-order valence-electron chi connectivity index (χ0n) is 22.7. The summed E-state index contributed by atoms with van der Waals surface area (Å²) >= 11 is 0. The maximum Gasteiger partial charge on any atom is 0.159 e. The highest BCUT2D eigenvalue weighted by Gasteiger charge is 2.01. The number of Topliss-reactive ketones (excluding diaryl/α,β-unsaturated/α-hetero) is 2. The van der Waals surface area contributed by atoms with Crippen molar-refractivity contribution in [1.82, 2.24) is 0 Å². The maximum atomic E-state index is 10.8. The second kappa shape index (κ2) is 15.5. The minimum Gasteiger partial charge on any atom is -0.497 e. The number of ether oxygens (including phenoxy) is 4. The highest BCUT2D eigenvalue weighted by molar-refractivity contribution is 5.97. The lowest BCUT2D eigenvalue weighted by Gasteiger charge is -2.05. The zero-order chi connectivity index (χ0) is 27.9. The fourth-order valence-corrected chi connectivity index (χ4v) is 3.23. The summed E-state index contributed by atoms with van der Waals surface area (Å²) in [6.45, 7) is 3.01. The molecule has 0 spiro atoms. The molecule has 198 valence electrons. The van der Waals surface area contributed by atoms with Crippen LogP contribution >= 0.6 is 0 Å². The molecule has 0 amide bonds. The van der Waals surface area contributed by atoms with Crippen molar-refractivity contribution in [3.63, 3.8) is 0 Å². The molecule has 0 fully saturated rings. The van der Waals surface area contributed by atoms with Crippen LogP contribution in [0.2, 0.25) is 0 Å². The predicted octanol–water partition coefficient (Wildman–Crippen LogP) is 7.17. The standard InChI is InChI=1S/C14H14O2.C10H10O2.C8H10O2/c1-15-13-7-3-11(4-8-13)12-5-9-14(16-2)10-6-12;1-7(11)9-3-5-10(6-4-9)8(2)12;1-9-7-4-3-5-8(6-7)10-2/h3-10H,1-2H3;3-6H,1-2H3;3-6H,1-2H3. The van der Waals surface area contributed by atoms with Gasteiger partial charge in [-0.2, -0.15) is 0 Å². The molecule has 6 heteroatoms. The molecule has 0 saturated carbocycles. The molecule has 0 aromatic heterocycles. The Balaban J connectivity index is 0.000000207. The van der Waals surface area contributed by atoms with Crippen LogP contribution in [0.4, 0.5) is 0 Å². The number of benzene rings is 4. The van der Waals surface area contributed by atoms with Gasteiger partial charge < -0.3 is 18.9 Å². The van der Waals surface area contributed by atoms with Crippen molar-refractivity contribution in [2.75, 3.05) is 28.4 Å². The van der Waals surface area contributed by atoms with Crippen LogP contribution in [0.1, 0.15) is 34.6 Å². The lowest BCUT2D eigenvalue weighted by Crippen LogP contribution is -1.95. The summed E-state index contributed by atoms with van der Waals surface area (Å²) in [5.74, 6) is 3.42. The van der Waals surface area contributed by atoms with Gasteiger partial charge in [0.05, 0.1) is 28.4 Å². The summed E-state index contributed by atoms with van der Waals surface area (Å²) < 4.78 is 20.2. The second-order valence-electron chi connectivity index (χ2n) is 8.03. The van der Waals surface area contributed by atoms with Gasteiger partial charge in [0.2, 0.25) is 0 Å². The van der Waals surface area contributed by atoms with Gasteiger partial charge in [-0.25, -0.2) is 0 Å². The van der Waals surface area contributed by atoms with Gasteiger partial charge in [-0.1, -0.05) is 54.6 Å². The zero-order valence-corrected chi connectivity index (χ0v) is 22.7. The van der Waals surface area contributed by atoms with Gasteiger partial charge in [-0.05, 0) is 61.4 Å². The van der Waals surface area contributed by atoms with Crippen LogP contribution in [-0.4, -0.2) is 40.0 Å². The number of ketones is 2. The molecule has 0 N–H and O–H groups in total. The van der Waals surface area contributed by atoms with E-state index in [-0.39, 0.29) is 11.6 Å². The first-order valence-electron chi connectivity index (χ1n) is 11.9. The van der Waals surface area contributed by atoms with E-state index in [2.05, 4.69) is 0 Å². The Bertz CT molecular complexity index is 1180. The monoisotopic (exact) mass is 514 g/mol. The Morgan fingerprint density at radius 3 is 1.03 bits per heavy atom. The highest BCUT2D eigenvalue weighted by atomic mass is 16.5. The van der Waals surface area contributed by atoms with Gasteiger partial charge >= 0.3 is 0 Å². The lowest BCUT2D eigenvalue weighted by atomic mass is 10.1. The topological polar surface area (TPSA) is 71.1 Å². The van der Waals surface area contributed by atoms with Crippen LogP contribution in [-0.2, 0) is 0 Å². The Labute approximate surface area is 224 Å². The normalized spacial score (nSPS) is 9.53. The molecule has 4 aromatic rings. The van der Waals surface area contributed by atoms with Crippen molar-refractivity contribution in [3.05, 3.63) is 108 Å². The highest BCUT2D eigenvalue weighted by Crippen LogP contribution is 2.24. The van der Waals surface area contributed by atoms with Crippen LogP contribution < -0.4 is 18.9 Å². The number of carbonyl (C=O) groups excluding carboxylic acids is 2. The molecule has 0 aliphatic heterocycles. The average molecular weight is 515 g/mol. The maximum absolute atomic E-state index is 10.8. The molecule has 0 bridgehead atoms. The van der Waals surface area contributed by atoms with Crippen LogP contribution in [0.5, 0.6) is 23.0 Å². The third-order valence-corrected chi connectivity index (χ3v) is 5.49. The molecule has 0 heterocycles. The Morgan fingerprint density at radius 1 is 0.447 bits per heavy atom. The molecular formula is C32H34O6. The summed E-state index contributed by atoms with van der Waals surface area (Å²) in [4.78, 5) is 21.7. The van der Waals surface area contributed by atoms with E-state index < -0.39 is 0 Å². The Hall–Kier alpha value is -4.58. The van der Waals surface area contributed by atoms with Crippen LogP contribution in [0, 0.1) is 0 Å². The van der Waals surface area contributed by atoms with E-state index in [1.807, 2.05) is 72.8 Å². The molecule has 0 aliphatic rings. The number of rotatable bonds is 7. The second-order valence-corrected chi connectivity index (χ2v) is 8.03. The molecular weight excluding hydrogens is 480 g/mol. The van der Waals surface area contributed by atoms with Gasteiger partial charge in [-0.15, -0.1) is 0 Å². The molecule has 0 atom stereocenters. The van der Waals surface area contributed by atoms with Crippen LogP contribution in [0.25, 0.3) is 11.1 Å².